The smallest absolute Gasteiger partial charge is 0.276 e. The zero-order valence-corrected chi connectivity index (χ0v) is 14.3. The fourth-order valence-corrected chi connectivity index (χ4v) is 3.51. The van der Waals surface area contributed by atoms with Gasteiger partial charge in [-0.15, -0.1) is 12.4 Å². The number of H-pyrrole nitrogens is 1. The summed E-state index contributed by atoms with van der Waals surface area (Å²) in [5.74, 6) is 1.84. The van der Waals surface area contributed by atoms with Crippen LogP contribution < -0.4 is 10.9 Å². The molecule has 9 heteroatoms. The summed E-state index contributed by atoms with van der Waals surface area (Å²) < 4.78 is 12.6. The highest BCUT2D eigenvalue weighted by Gasteiger charge is 2.31. The molecule has 2 atom stereocenters. The summed E-state index contributed by atoms with van der Waals surface area (Å²) in [6.45, 7) is 2.97. The lowest BCUT2D eigenvalue weighted by Gasteiger charge is -2.21. The van der Waals surface area contributed by atoms with E-state index in [9.17, 15) is 4.79 Å². The van der Waals surface area contributed by atoms with Crippen LogP contribution >= 0.6 is 12.4 Å². The Morgan fingerprint density at radius 2 is 2.12 bits per heavy atom. The van der Waals surface area contributed by atoms with Crippen LogP contribution in [0.3, 0.4) is 0 Å². The topological polar surface area (TPSA) is 93.5 Å². The van der Waals surface area contributed by atoms with Crippen molar-refractivity contribution in [2.75, 3.05) is 33.4 Å². The molecule has 2 aromatic heterocycles. The van der Waals surface area contributed by atoms with Crippen molar-refractivity contribution in [3.63, 3.8) is 0 Å². The third-order valence-electron chi connectivity index (χ3n) is 4.85. The maximum Gasteiger partial charge on any atom is 0.276 e. The average molecular weight is 356 g/mol. The van der Waals surface area contributed by atoms with Gasteiger partial charge in [-0.2, -0.15) is 5.10 Å². The predicted octanol–water partition coefficient (Wildman–Crippen LogP) is 0.435. The maximum absolute atomic E-state index is 12.4. The Bertz CT molecular complexity index is 755. The Balaban J connectivity index is 0.00000169. The highest BCUT2D eigenvalue weighted by Crippen LogP contribution is 2.26. The second kappa shape index (κ2) is 7.18. The van der Waals surface area contributed by atoms with Crippen molar-refractivity contribution in [1.82, 2.24) is 24.9 Å². The molecule has 0 aliphatic carbocycles. The summed E-state index contributed by atoms with van der Waals surface area (Å²) >= 11 is 0. The second-order valence-corrected chi connectivity index (χ2v) is 6.18. The van der Waals surface area contributed by atoms with Crippen molar-refractivity contribution in [3.05, 3.63) is 28.2 Å². The fourth-order valence-electron chi connectivity index (χ4n) is 3.51. The van der Waals surface area contributed by atoms with Crippen LogP contribution in [0, 0.1) is 0 Å². The normalized spacial score (nSPS) is 25.0. The van der Waals surface area contributed by atoms with Crippen molar-refractivity contribution in [1.29, 1.82) is 0 Å². The van der Waals surface area contributed by atoms with Gasteiger partial charge >= 0.3 is 0 Å². The van der Waals surface area contributed by atoms with Gasteiger partial charge < -0.3 is 19.8 Å². The Hall–Kier alpha value is -1.48. The molecule has 4 heterocycles. The molecule has 2 aromatic rings. The first-order valence-corrected chi connectivity index (χ1v) is 8.07. The lowest BCUT2D eigenvalue weighted by atomic mass is 10.00. The van der Waals surface area contributed by atoms with Gasteiger partial charge in [0.15, 0.2) is 5.52 Å². The number of aromatic amines is 1. The molecule has 2 aliphatic heterocycles. The Labute approximate surface area is 145 Å². The van der Waals surface area contributed by atoms with Crippen molar-refractivity contribution in [2.24, 2.45) is 0 Å². The molecular formula is C15H22ClN5O3. The summed E-state index contributed by atoms with van der Waals surface area (Å²) in [6.07, 6.45) is 3.45. The number of fused-ring (bicyclic) bond motifs is 1. The third-order valence-corrected chi connectivity index (χ3v) is 4.85. The molecule has 4 rings (SSSR count). The lowest BCUT2D eigenvalue weighted by molar-refractivity contribution is 0.0831. The number of aromatic nitrogens is 4. The molecule has 0 spiro atoms. The van der Waals surface area contributed by atoms with E-state index in [4.69, 9.17) is 9.47 Å². The van der Waals surface area contributed by atoms with Gasteiger partial charge in [-0.3, -0.25) is 4.79 Å². The summed E-state index contributed by atoms with van der Waals surface area (Å²) in [5, 5.41) is 7.97. The number of imidazole rings is 1. The Morgan fingerprint density at radius 1 is 1.33 bits per heavy atom. The molecular weight excluding hydrogens is 334 g/mol. The van der Waals surface area contributed by atoms with Crippen LogP contribution in [-0.2, 0) is 9.47 Å². The molecule has 2 unspecified atom stereocenters. The minimum Gasteiger partial charge on any atom is -0.381 e. The van der Waals surface area contributed by atoms with Gasteiger partial charge in [-0.25, -0.2) is 9.50 Å². The molecule has 2 aliphatic rings. The largest absolute Gasteiger partial charge is 0.381 e. The molecule has 0 aromatic carbocycles. The summed E-state index contributed by atoms with van der Waals surface area (Å²) in [4.78, 5) is 19.8. The fraction of sp³-hybridized carbons (Fsp3) is 0.667. The van der Waals surface area contributed by atoms with Gasteiger partial charge in [-0.05, 0) is 12.8 Å². The summed E-state index contributed by atoms with van der Waals surface area (Å²) in [7, 11) is 1.69. The number of nitrogens with one attached hydrogen (secondary N) is 2. The quantitative estimate of drug-likeness (QED) is 0.829. The summed E-state index contributed by atoms with van der Waals surface area (Å²) in [5.41, 5.74) is 0.345. The molecule has 2 saturated heterocycles. The van der Waals surface area contributed by atoms with Crippen LogP contribution in [-0.4, -0.2) is 59.1 Å². The third kappa shape index (κ3) is 2.95. The SMILES string of the molecule is COC1CNCC1c1nn2c(C3CCOCC3)ncc2c(=O)[nH]1.Cl. The van der Waals surface area contributed by atoms with Gasteiger partial charge in [0.2, 0.25) is 0 Å². The number of rotatable bonds is 3. The molecule has 0 radical (unpaired) electrons. The first kappa shape index (κ1) is 17.3. The lowest BCUT2D eigenvalue weighted by Crippen LogP contribution is -2.26. The number of nitrogens with zero attached hydrogens (tertiary/aromatic N) is 3. The van der Waals surface area contributed by atoms with Crippen LogP contribution in [0.4, 0.5) is 0 Å². The average Bonchev–Trinajstić information content (AvgIpc) is 3.22. The Morgan fingerprint density at radius 3 is 2.88 bits per heavy atom. The summed E-state index contributed by atoms with van der Waals surface area (Å²) in [6, 6.07) is 0. The van der Waals surface area contributed by atoms with Crippen LogP contribution in [0.2, 0.25) is 0 Å². The molecule has 0 amide bonds. The van der Waals surface area contributed by atoms with E-state index in [1.807, 2.05) is 0 Å². The second-order valence-electron chi connectivity index (χ2n) is 6.18. The minimum absolute atomic E-state index is 0. The van der Waals surface area contributed by atoms with Gasteiger partial charge in [0, 0.05) is 39.3 Å². The van der Waals surface area contributed by atoms with E-state index in [2.05, 4.69) is 20.4 Å². The molecule has 0 saturated carbocycles. The van der Waals surface area contributed by atoms with E-state index < -0.39 is 0 Å². The number of ether oxygens (including phenoxy) is 2. The zero-order chi connectivity index (χ0) is 15.8. The zero-order valence-electron chi connectivity index (χ0n) is 13.5. The number of hydrogen-bond donors (Lipinski definition) is 2. The first-order valence-electron chi connectivity index (χ1n) is 8.07. The molecule has 0 bridgehead atoms. The van der Waals surface area contributed by atoms with E-state index >= 15 is 0 Å². The van der Waals surface area contributed by atoms with Crippen molar-refractivity contribution >= 4 is 17.9 Å². The molecule has 132 valence electrons. The van der Waals surface area contributed by atoms with Crippen LogP contribution in [0.25, 0.3) is 5.52 Å². The first-order chi connectivity index (χ1) is 11.3. The predicted molar refractivity (Wildman–Crippen MR) is 90.1 cm³/mol. The molecule has 2 N–H and O–H groups in total. The minimum atomic E-state index is -0.150. The van der Waals surface area contributed by atoms with E-state index in [0.29, 0.717) is 11.3 Å². The van der Waals surface area contributed by atoms with Crippen LogP contribution in [0.5, 0.6) is 0 Å². The maximum atomic E-state index is 12.4. The van der Waals surface area contributed by atoms with E-state index in [1.165, 1.54) is 0 Å². The molecule has 2 fully saturated rings. The standard InChI is InChI=1S/C15H21N5O3.ClH/c1-22-12-8-16-6-10(12)13-18-15(21)11-7-17-14(20(11)19-13)9-2-4-23-5-3-9;/h7,9-10,12,16H,2-6,8H2,1H3,(H,18,19,21);1H. The van der Waals surface area contributed by atoms with Crippen molar-refractivity contribution < 1.29 is 9.47 Å². The van der Waals surface area contributed by atoms with Gasteiger partial charge in [0.1, 0.15) is 11.6 Å². The molecule has 24 heavy (non-hydrogen) atoms. The van der Waals surface area contributed by atoms with Crippen LogP contribution in [0.1, 0.15) is 36.3 Å². The van der Waals surface area contributed by atoms with Gasteiger partial charge in [0.25, 0.3) is 5.56 Å². The van der Waals surface area contributed by atoms with Crippen LogP contribution in [0.15, 0.2) is 11.0 Å². The van der Waals surface area contributed by atoms with Gasteiger partial charge in [0.05, 0.1) is 18.2 Å². The number of hydrogen-bond acceptors (Lipinski definition) is 6. The number of methoxy groups -OCH3 is 1. The van der Waals surface area contributed by atoms with Crippen molar-refractivity contribution in [2.45, 2.75) is 30.8 Å². The Kier molecular flexibility index (Phi) is 5.19. The van der Waals surface area contributed by atoms with E-state index in [1.54, 1.807) is 17.8 Å². The number of halogens is 1. The van der Waals surface area contributed by atoms with E-state index in [0.717, 1.165) is 45.0 Å². The monoisotopic (exact) mass is 355 g/mol. The molecule has 8 nitrogen and oxygen atoms in total. The van der Waals surface area contributed by atoms with E-state index in [-0.39, 0.29) is 35.9 Å². The highest BCUT2D eigenvalue weighted by molar-refractivity contribution is 5.85. The van der Waals surface area contributed by atoms with Gasteiger partial charge in [-0.1, -0.05) is 0 Å². The van der Waals surface area contributed by atoms with Crippen molar-refractivity contribution in [3.8, 4) is 0 Å². The highest BCUT2D eigenvalue weighted by atomic mass is 35.5.